The number of halogens is 1. The first-order chi connectivity index (χ1) is 8.58. The van der Waals surface area contributed by atoms with E-state index in [0.29, 0.717) is 16.6 Å². The molecule has 1 heterocycles. The van der Waals surface area contributed by atoms with E-state index >= 15 is 0 Å². The quantitative estimate of drug-likeness (QED) is 0.753. The Kier molecular flexibility index (Phi) is 3.76. The van der Waals surface area contributed by atoms with Crippen LogP contribution in [0.2, 0.25) is 5.15 Å². The molecule has 0 saturated heterocycles. The normalized spacial score (nSPS) is 11.4. The molecule has 0 fully saturated rings. The summed E-state index contributed by atoms with van der Waals surface area (Å²) in [6.07, 6.45) is 1.82. The average molecular weight is 264 g/mol. The molecule has 0 aliphatic rings. The number of carbonyl (C=O) groups excluding carboxylic acids is 1. The zero-order valence-electron chi connectivity index (χ0n) is 11.0. The number of hydrogen-bond acceptors (Lipinski definition) is 1. The van der Waals surface area contributed by atoms with Crippen LogP contribution < -0.4 is 0 Å². The molecule has 2 nitrogen and oxygen atoms in total. The van der Waals surface area contributed by atoms with Crippen molar-refractivity contribution in [3.05, 3.63) is 34.5 Å². The molecule has 96 valence electrons. The van der Waals surface area contributed by atoms with Crippen molar-refractivity contribution in [2.24, 2.45) is 5.92 Å². The monoisotopic (exact) mass is 263 g/mol. The van der Waals surface area contributed by atoms with E-state index in [9.17, 15) is 4.79 Å². The van der Waals surface area contributed by atoms with Crippen molar-refractivity contribution in [3.63, 3.8) is 0 Å². The number of carbonyl (C=O) groups is 1. The van der Waals surface area contributed by atoms with Gasteiger partial charge in [0.2, 0.25) is 0 Å². The maximum atomic E-state index is 11.2. The van der Waals surface area contributed by atoms with Gasteiger partial charge in [-0.25, -0.2) is 0 Å². The Hall–Kier alpha value is -1.28. The highest BCUT2D eigenvalue weighted by Gasteiger charge is 2.15. The van der Waals surface area contributed by atoms with E-state index in [-0.39, 0.29) is 0 Å². The number of fused-ring (bicyclic) bond motifs is 1. The summed E-state index contributed by atoms with van der Waals surface area (Å²) < 4.78 is 2.03. The lowest BCUT2D eigenvalue weighted by molar-refractivity contribution is 0.112. The van der Waals surface area contributed by atoms with Gasteiger partial charge in [0.25, 0.3) is 0 Å². The maximum Gasteiger partial charge on any atom is 0.153 e. The first-order valence-electron chi connectivity index (χ1n) is 6.34. The second kappa shape index (κ2) is 5.15. The molecule has 0 spiro atoms. The van der Waals surface area contributed by atoms with Crippen molar-refractivity contribution >= 4 is 28.8 Å². The van der Waals surface area contributed by atoms with Gasteiger partial charge in [0.1, 0.15) is 5.15 Å². The third kappa shape index (κ3) is 2.17. The number of rotatable bonds is 4. The molecule has 0 amide bonds. The fraction of sp³-hybridized carbons (Fsp3) is 0.400. The molecule has 0 aliphatic heterocycles. The molecule has 0 atom stereocenters. The number of aldehydes is 1. The fourth-order valence-electron chi connectivity index (χ4n) is 2.27. The van der Waals surface area contributed by atoms with Crippen LogP contribution in [-0.4, -0.2) is 10.9 Å². The Bertz CT molecular complexity index is 584. The molecule has 2 aromatic rings. The van der Waals surface area contributed by atoms with Gasteiger partial charge in [-0.05, 0) is 30.0 Å². The molecule has 0 unspecified atom stereocenters. The lowest BCUT2D eigenvalue weighted by Crippen LogP contribution is -2.04. The number of nitrogens with zero attached hydrogens (tertiary/aromatic N) is 1. The van der Waals surface area contributed by atoms with Gasteiger partial charge in [0, 0.05) is 17.4 Å². The Labute approximate surface area is 113 Å². The van der Waals surface area contributed by atoms with Crippen molar-refractivity contribution in [2.75, 3.05) is 0 Å². The zero-order chi connectivity index (χ0) is 13.3. The number of aryl methyl sites for hydroxylation is 1. The highest BCUT2D eigenvalue weighted by atomic mass is 35.5. The minimum atomic E-state index is 0.489. The lowest BCUT2D eigenvalue weighted by Gasteiger charge is -2.10. The molecule has 2 rings (SSSR count). The summed E-state index contributed by atoms with van der Waals surface area (Å²) >= 11 is 6.32. The molecule has 1 aromatic carbocycles. The first-order valence-corrected chi connectivity index (χ1v) is 6.72. The molecule has 0 N–H and O–H groups in total. The smallest absolute Gasteiger partial charge is 0.153 e. The second-order valence-corrected chi connectivity index (χ2v) is 5.39. The van der Waals surface area contributed by atoms with Crippen LogP contribution in [0.4, 0.5) is 0 Å². The minimum absolute atomic E-state index is 0.489. The number of hydrogen-bond donors (Lipinski definition) is 0. The van der Waals surface area contributed by atoms with Crippen molar-refractivity contribution in [1.29, 1.82) is 0 Å². The molecular formula is C15H18ClNO. The van der Waals surface area contributed by atoms with Crippen molar-refractivity contribution in [2.45, 2.75) is 33.7 Å². The van der Waals surface area contributed by atoms with E-state index in [2.05, 4.69) is 39.0 Å². The summed E-state index contributed by atoms with van der Waals surface area (Å²) in [5, 5.41) is 1.52. The SMILES string of the molecule is CCc1ccc2c(c1)c(C=O)c(Cl)n2CC(C)C. The predicted octanol–water partition coefficient (Wildman–Crippen LogP) is 4.33. The summed E-state index contributed by atoms with van der Waals surface area (Å²) in [5.41, 5.74) is 2.89. The maximum absolute atomic E-state index is 11.2. The third-order valence-electron chi connectivity index (χ3n) is 3.17. The Morgan fingerprint density at radius 3 is 2.67 bits per heavy atom. The van der Waals surface area contributed by atoms with Crippen LogP contribution in [0, 0.1) is 5.92 Å². The highest BCUT2D eigenvalue weighted by Crippen LogP contribution is 2.30. The minimum Gasteiger partial charge on any atom is -0.331 e. The van der Waals surface area contributed by atoms with Crippen molar-refractivity contribution in [1.82, 2.24) is 4.57 Å². The predicted molar refractivity (Wildman–Crippen MR) is 76.6 cm³/mol. The summed E-state index contributed by atoms with van der Waals surface area (Å²) in [6, 6.07) is 6.24. The first kappa shape index (κ1) is 13.2. The van der Waals surface area contributed by atoms with Gasteiger partial charge in [-0.3, -0.25) is 4.79 Å². The van der Waals surface area contributed by atoms with Crippen LogP contribution in [0.1, 0.15) is 36.7 Å². The molecule has 0 aliphatic carbocycles. The van der Waals surface area contributed by atoms with Gasteiger partial charge in [-0.15, -0.1) is 0 Å². The van der Waals surface area contributed by atoms with Crippen LogP contribution in [0.15, 0.2) is 18.2 Å². The Balaban J connectivity index is 2.71. The van der Waals surface area contributed by atoms with E-state index < -0.39 is 0 Å². The number of benzene rings is 1. The van der Waals surface area contributed by atoms with Gasteiger partial charge >= 0.3 is 0 Å². The summed E-state index contributed by atoms with van der Waals surface area (Å²) in [4.78, 5) is 11.2. The molecular weight excluding hydrogens is 246 g/mol. The summed E-state index contributed by atoms with van der Waals surface area (Å²) in [5.74, 6) is 0.489. The van der Waals surface area contributed by atoms with Gasteiger partial charge < -0.3 is 4.57 Å². The topological polar surface area (TPSA) is 22.0 Å². The highest BCUT2D eigenvalue weighted by molar-refractivity contribution is 6.34. The Morgan fingerprint density at radius 2 is 2.11 bits per heavy atom. The molecule has 3 heteroatoms. The van der Waals surface area contributed by atoms with Crippen LogP contribution in [-0.2, 0) is 13.0 Å². The van der Waals surface area contributed by atoms with Gasteiger partial charge in [0.15, 0.2) is 6.29 Å². The van der Waals surface area contributed by atoms with Crippen LogP contribution in [0.3, 0.4) is 0 Å². The number of aromatic nitrogens is 1. The van der Waals surface area contributed by atoms with Crippen LogP contribution in [0.5, 0.6) is 0 Å². The summed E-state index contributed by atoms with van der Waals surface area (Å²) in [7, 11) is 0. The zero-order valence-corrected chi connectivity index (χ0v) is 11.8. The third-order valence-corrected chi connectivity index (χ3v) is 3.58. The molecule has 1 aromatic heterocycles. The molecule has 0 bridgehead atoms. The van der Waals surface area contributed by atoms with E-state index in [1.165, 1.54) is 5.56 Å². The second-order valence-electron chi connectivity index (χ2n) is 5.03. The van der Waals surface area contributed by atoms with Crippen LogP contribution >= 0.6 is 11.6 Å². The van der Waals surface area contributed by atoms with Crippen molar-refractivity contribution < 1.29 is 4.79 Å². The van der Waals surface area contributed by atoms with Crippen molar-refractivity contribution in [3.8, 4) is 0 Å². The lowest BCUT2D eigenvalue weighted by atomic mass is 10.1. The fourth-order valence-corrected chi connectivity index (χ4v) is 2.58. The van der Waals surface area contributed by atoms with Gasteiger partial charge in [-0.1, -0.05) is 38.4 Å². The van der Waals surface area contributed by atoms with Gasteiger partial charge in [-0.2, -0.15) is 0 Å². The Morgan fingerprint density at radius 1 is 1.39 bits per heavy atom. The molecule has 18 heavy (non-hydrogen) atoms. The molecule has 0 radical (unpaired) electrons. The van der Waals surface area contributed by atoms with E-state index in [1.807, 2.05) is 4.57 Å². The van der Waals surface area contributed by atoms with E-state index in [0.717, 1.165) is 30.2 Å². The average Bonchev–Trinajstić information content (AvgIpc) is 2.61. The summed E-state index contributed by atoms with van der Waals surface area (Å²) in [6.45, 7) is 7.22. The van der Waals surface area contributed by atoms with E-state index in [4.69, 9.17) is 11.6 Å². The molecule has 0 saturated carbocycles. The van der Waals surface area contributed by atoms with Crippen LogP contribution in [0.25, 0.3) is 10.9 Å². The largest absolute Gasteiger partial charge is 0.331 e. The van der Waals surface area contributed by atoms with E-state index in [1.54, 1.807) is 0 Å². The standard InChI is InChI=1S/C15H18ClNO/c1-4-11-5-6-14-12(7-11)13(9-18)15(16)17(14)8-10(2)3/h5-7,9-10H,4,8H2,1-3H3. The van der Waals surface area contributed by atoms with Gasteiger partial charge in [0.05, 0.1) is 5.56 Å².